The molecule has 4 nitrogen and oxygen atoms in total. The standard InChI is InChI=1S/C15H15ClN2O2/c1-9-6-7-12(10(16)8-9)18-15(19)14-11(17)4-3-5-13(14)20-2/h3-8H,17H2,1-2H3,(H,18,19). The molecule has 0 spiro atoms. The van der Waals surface area contributed by atoms with Gasteiger partial charge in [-0.05, 0) is 36.8 Å². The van der Waals surface area contributed by atoms with E-state index in [0.29, 0.717) is 27.7 Å². The second-order valence-corrected chi connectivity index (χ2v) is 4.77. The quantitative estimate of drug-likeness (QED) is 0.851. The summed E-state index contributed by atoms with van der Waals surface area (Å²) < 4.78 is 5.16. The number of aryl methyl sites for hydroxylation is 1. The lowest BCUT2D eigenvalue weighted by Gasteiger charge is -2.12. The lowest BCUT2D eigenvalue weighted by Crippen LogP contribution is -2.15. The number of hydrogen-bond acceptors (Lipinski definition) is 3. The first kappa shape index (κ1) is 14.2. The molecule has 0 saturated carbocycles. The van der Waals surface area contributed by atoms with Crippen molar-refractivity contribution in [1.82, 2.24) is 0 Å². The summed E-state index contributed by atoms with van der Waals surface area (Å²) in [5.41, 5.74) is 8.04. The molecule has 0 saturated heterocycles. The third-order valence-electron chi connectivity index (χ3n) is 2.88. The third kappa shape index (κ3) is 2.86. The van der Waals surface area contributed by atoms with E-state index < -0.39 is 0 Å². The topological polar surface area (TPSA) is 64.3 Å². The molecule has 104 valence electrons. The fraction of sp³-hybridized carbons (Fsp3) is 0.133. The van der Waals surface area contributed by atoms with Gasteiger partial charge in [0.25, 0.3) is 5.91 Å². The first-order valence-corrected chi connectivity index (χ1v) is 6.40. The van der Waals surface area contributed by atoms with Crippen LogP contribution in [0.4, 0.5) is 11.4 Å². The van der Waals surface area contributed by atoms with Gasteiger partial charge in [0.15, 0.2) is 0 Å². The molecule has 0 radical (unpaired) electrons. The zero-order chi connectivity index (χ0) is 14.7. The molecule has 0 aromatic heterocycles. The maximum atomic E-state index is 12.3. The molecule has 3 N–H and O–H groups in total. The molecule has 0 aliphatic heterocycles. The lowest BCUT2D eigenvalue weighted by atomic mass is 10.1. The largest absolute Gasteiger partial charge is 0.496 e. The Bertz CT molecular complexity index is 656. The average Bonchev–Trinajstić information content (AvgIpc) is 2.41. The second-order valence-electron chi connectivity index (χ2n) is 4.36. The van der Waals surface area contributed by atoms with Gasteiger partial charge in [-0.15, -0.1) is 0 Å². The number of amides is 1. The van der Waals surface area contributed by atoms with Crippen LogP contribution in [0.5, 0.6) is 5.75 Å². The first-order chi connectivity index (χ1) is 9.52. The van der Waals surface area contributed by atoms with Crippen molar-refractivity contribution < 1.29 is 9.53 Å². The summed E-state index contributed by atoms with van der Waals surface area (Å²) in [4.78, 5) is 12.3. The minimum absolute atomic E-state index is 0.298. The molecule has 0 bridgehead atoms. The van der Waals surface area contributed by atoms with Crippen LogP contribution >= 0.6 is 11.6 Å². The van der Waals surface area contributed by atoms with Gasteiger partial charge in [-0.25, -0.2) is 0 Å². The summed E-state index contributed by atoms with van der Waals surface area (Å²) in [5.74, 6) is 0.0661. The van der Waals surface area contributed by atoms with Crippen molar-refractivity contribution in [2.75, 3.05) is 18.2 Å². The van der Waals surface area contributed by atoms with Gasteiger partial charge in [-0.3, -0.25) is 4.79 Å². The van der Waals surface area contributed by atoms with Crippen LogP contribution in [0.3, 0.4) is 0 Å². The normalized spacial score (nSPS) is 10.2. The molecule has 0 heterocycles. The Morgan fingerprint density at radius 2 is 2.05 bits per heavy atom. The van der Waals surface area contributed by atoms with Crippen molar-refractivity contribution in [3.63, 3.8) is 0 Å². The highest BCUT2D eigenvalue weighted by Crippen LogP contribution is 2.27. The molecule has 1 amide bonds. The van der Waals surface area contributed by atoms with Gasteiger partial charge in [0.2, 0.25) is 0 Å². The Hall–Kier alpha value is -2.20. The predicted octanol–water partition coefficient (Wildman–Crippen LogP) is 3.49. The van der Waals surface area contributed by atoms with Gasteiger partial charge in [0.05, 0.1) is 17.8 Å². The monoisotopic (exact) mass is 290 g/mol. The molecule has 2 rings (SSSR count). The van der Waals surface area contributed by atoms with Crippen LogP contribution in [0.1, 0.15) is 15.9 Å². The Kier molecular flexibility index (Phi) is 4.15. The van der Waals surface area contributed by atoms with Crippen molar-refractivity contribution >= 4 is 28.9 Å². The van der Waals surface area contributed by atoms with Crippen LogP contribution in [-0.4, -0.2) is 13.0 Å². The van der Waals surface area contributed by atoms with Crippen molar-refractivity contribution in [3.05, 3.63) is 52.5 Å². The molecular weight excluding hydrogens is 276 g/mol. The van der Waals surface area contributed by atoms with Crippen molar-refractivity contribution in [1.29, 1.82) is 0 Å². The van der Waals surface area contributed by atoms with Crippen LogP contribution < -0.4 is 15.8 Å². The fourth-order valence-electron chi connectivity index (χ4n) is 1.87. The number of benzene rings is 2. The Balaban J connectivity index is 2.33. The first-order valence-electron chi connectivity index (χ1n) is 6.03. The number of nitrogens with two attached hydrogens (primary N) is 1. The van der Waals surface area contributed by atoms with E-state index in [1.807, 2.05) is 13.0 Å². The van der Waals surface area contributed by atoms with E-state index in [1.54, 1.807) is 30.3 Å². The minimum Gasteiger partial charge on any atom is -0.496 e. The summed E-state index contributed by atoms with van der Waals surface area (Å²) in [7, 11) is 1.49. The van der Waals surface area contributed by atoms with Gasteiger partial charge in [-0.2, -0.15) is 0 Å². The highest BCUT2D eigenvalue weighted by Gasteiger charge is 2.16. The number of rotatable bonds is 3. The maximum absolute atomic E-state index is 12.3. The number of carbonyl (C=O) groups is 1. The van der Waals surface area contributed by atoms with Crippen LogP contribution in [0, 0.1) is 6.92 Å². The Labute approximate surface area is 122 Å². The van der Waals surface area contributed by atoms with E-state index in [-0.39, 0.29) is 5.91 Å². The number of ether oxygens (including phenoxy) is 1. The number of carbonyl (C=O) groups excluding carboxylic acids is 1. The number of nitrogen functional groups attached to an aromatic ring is 1. The van der Waals surface area contributed by atoms with E-state index in [0.717, 1.165) is 5.56 Å². The van der Waals surface area contributed by atoms with Gasteiger partial charge >= 0.3 is 0 Å². The van der Waals surface area contributed by atoms with E-state index in [4.69, 9.17) is 22.1 Å². The zero-order valence-corrected chi connectivity index (χ0v) is 12.0. The second kappa shape index (κ2) is 5.84. The van der Waals surface area contributed by atoms with Crippen molar-refractivity contribution in [2.24, 2.45) is 0 Å². The minimum atomic E-state index is -0.356. The van der Waals surface area contributed by atoms with E-state index in [9.17, 15) is 4.79 Å². The van der Waals surface area contributed by atoms with Gasteiger partial charge < -0.3 is 15.8 Å². The molecule has 2 aromatic carbocycles. The molecule has 5 heteroatoms. The summed E-state index contributed by atoms with van der Waals surface area (Å²) in [6, 6.07) is 10.5. The molecule has 20 heavy (non-hydrogen) atoms. The predicted molar refractivity (Wildman–Crippen MR) is 81.5 cm³/mol. The highest BCUT2D eigenvalue weighted by atomic mass is 35.5. The number of nitrogens with one attached hydrogen (secondary N) is 1. The van der Waals surface area contributed by atoms with Gasteiger partial charge in [0, 0.05) is 5.69 Å². The SMILES string of the molecule is COc1cccc(N)c1C(=O)Nc1ccc(C)cc1Cl. The summed E-state index contributed by atoms with van der Waals surface area (Å²) >= 11 is 6.10. The van der Waals surface area contributed by atoms with Crippen LogP contribution in [0.15, 0.2) is 36.4 Å². The number of hydrogen-bond donors (Lipinski definition) is 2. The van der Waals surface area contributed by atoms with Gasteiger partial charge in [0.1, 0.15) is 11.3 Å². The molecule has 0 unspecified atom stereocenters. The van der Waals surface area contributed by atoms with E-state index in [2.05, 4.69) is 5.32 Å². The number of halogens is 1. The third-order valence-corrected chi connectivity index (χ3v) is 3.19. The highest BCUT2D eigenvalue weighted by molar-refractivity contribution is 6.34. The van der Waals surface area contributed by atoms with Crippen molar-refractivity contribution in [3.8, 4) is 5.75 Å². The van der Waals surface area contributed by atoms with Gasteiger partial charge in [-0.1, -0.05) is 23.7 Å². The van der Waals surface area contributed by atoms with E-state index in [1.165, 1.54) is 7.11 Å². The molecule has 0 atom stereocenters. The molecule has 0 aliphatic carbocycles. The molecule has 0 fully saturated rings. The Morgan fingerprint density at radius 3 is 2.70 bits per heavy atom. The van der Waals surface area contributed by atoms with E-state index >= 15 is 0 Å². The fourth-order valence-corrected chi connectivity index (χ4v) is 2.15. The summed E-state index contributed by atoms with van der Waals surface area (Å²) in [6.45, 7) is 1.93. The van der Waals surface area contributed by atoms with Crippen LogP contribution in [-0.2, 0) is 0 Å². The van der Waals surface area contributed by atoms with Crippen molar-refractivity contribution in [2.45, 2.75) is 6.92 Å². The molecule has 0 aliphatic rings. The summed E-state index contributed by atoms with van der Waals surface area (Å²) in [5, 5.41) is 3.22. The number of methoxy groups -OCH3 is 1. The molecule has 2 aromatic rings. The Morgan fingerprint density at radius 1 is 1.30 bits per heavy atom. The molecular formula is C15H15ClN2O2. The maximum Gasteiger partial charge on any atom is 0.261 e. The smallest absolute Gasteiger partial charge is 0.261 e. The lowest BCUT2D eigenvalue weighted by molar-refractivity contribution is 0.102. The average molecular weight is 291 g/mol. The summed E-state index contributed by atoms with van der Waals surface area (Å²) in [6.07, 6.45) is 0. The van der Waals surface area contributed by atoms with Crippen LogP contribution in [0.2, 0.25) is 5.02 Å². The zero-order valence-electron chi connectivity index (χ0n) is 11.2. The van der Waals surface area contributed by atoms with Crippen LogP contribution in [0.25, 0.3) is 0 Å². The number of anilines is 2.